The topological polar surface area (TPSA) is 63.1 Å². The Balaban J connectivity index is 1.79. The number of piperidine rings is 1. The number of hydrogen-bond acceptors (Lipinski definition) is 5. The highest BCUT2D eigenvalue weighted by Crippen LogP contribution is 2.28. The lowest BCUT2D eigenvalue weighted by atomic mass is 10.0. The van der Waals surface area contributed by atoms with Gasteiger partial charge in [0.05, 0.1) is 23.5 Å². The molecule has 0 spiro atoms. The Hall–Kier alpha value is -1.89. The van der Waals surface area contributed by atoms with Gasteiger partial charge in [-0.1, -0.05) is 0 Å². The molecule has 1 aliphatic rings. The van der Waals surface area contributed by atoms with Crippen molar-refractivity contribution in [1.29, 1.82) is 0 Å². The molecule has 7 heteroatoms. The maximum atomic E-state index is 12.9. The summed E-state index contributed by atoms with van der Waals surface area (Å²) in [6.45, 7) is 5.43. The monoisotopic (exact) mass is 319 g/mol. The number of rotatable bonds is 3. The van der Waals surface area contributed by atoms with Gasteiger partial charge in [-0.15, -0.1) is 0 Å². The molecule has 0 aliphatic carbocycles. The van der Waals surface area contributed by atoms with Crippen LogP contribution in [-0.2, 0) is 0 Å². The van der Waals surface area contributed by atoms with Crippen LogP contribution in [0.15, 0.2) is 12.4 Å². The number of aryl methyl sites for hydroxylation is 2. The smallest absolute Gasteiger partial charge is 0.258 e. The number of hydrogen-bond donors (Lipinski definition) is 1. The van der Waals surface area contributed by atoms with E-state index in [0.717, 1.165) is 35.6 Å². The van der Waals surface area contributed by atoms with Crippen LogP contribution in [0, 0.1) is 13.8 Å². The van der Waals surface area contributed by atoms with Crippen molar-refractivity contribution < 1.29 is 4.79 Å². The fourth-order valence-corrected chi connectivity index (χ4v) is 3.68. The lowest BCUT2D eigenvalue weighted by Gasteiger charge is -2.33. The summed E-state index contributed by atoms with van der Waals surface area (Å²) in [5.74, 6) is 0.0733. The average molecular weight is 319 g/mol. The minimum absolute atomic E-state index is 0.0733. The summed E-state index contributed by atoms with van der Waals surface area (Å²) < 4.78 is 6.29. The minimum Gasteiger partial charge on any atom is -0.378 e. The first kappa shape index (κ1) is 15.0. The highest BCUT2D eigenvalue weighted by atomic mass is 32.1. The molecule has 0 bridgehead atoms. The zero-order valence-corrected chi connectivity index (χ0v) is 14.0. The van der Waals surface area contributed by atoms with Crippen molar-refractivity contribution in [2.24, 2.45) is 0 Å². The maximum Gasteiger partial charge on any atom is 0.258 e. The van der Waals surface area contributed by atoms with Crippen molar-refractivity contribution in [2.75, 3.05) is 25.5 Å². The normalized spacial score (nSPS) is 18.5. The molecule has 22 heavy (non-hydrogen) atoms. The van der Waals surface area contributed by atoms with Gasteiger partial charge >= 0.3 is 0 Å². The maximum absolute atomic E-state index is 12.9. The van der Waals surface area contributed by atoms with E-state index in [0.29, 0.717) is 12.1 Å². The third kappa shape index (κ3) is 2.72. The Morgan fingerprint density at radius 2 is 2.27 bits per heavy atom. The quantitative estimate of drug-likeness (QED) is 0.944. The fourth-order valence-electron chi connectivity index (χ4n) is 2.94. The van der Waals surface area contributed by atoms with Crippen molar-refractivity contribution in [3.8, 4) is 0 Å². The fraction of sp³-hybridized carbons (Fsp3) is 0.533. The molecule has 1 aliphatic heterocycles. The summed E-state index contributed by atoms with van der Waals surface area (Å²) in [4.78, 5) is 14.8. The summed E-state index contributed by atoms with van der Waals surface area (Å²) in [5, 5.41) is 8.32. The molecule has 1 amide bonds. The zero-order chi connectivity index (χ0) is 15.7. The van der Waals surface area contributed by atoms with Crippen molar-refractivity contribution >= 4 is 22.4 Å². The molecule has 0 aromatic carbocycles. The van der Waals surface area contributed by atoms with E-state index in [1.54, 1.807) is 0 Å². The van der Waals surface area contributed by atoms with Crippen LogP contribution in [0.1, 0.15) is 40.5 Å². The highest BCUT2D eigenvalue weighted by molar-refractivity contribution is 7.10. The standard InChI is InChI=1S/C15H21N5OS/c1-10-7-17-20(8-10)12-5-4-6-19(9-12)15(21)13-11(2)18-22-14(13)16-3/h7-8,12,16H,4-6,9H2,1-3H3. The van der Waals surface area contributed by atoms with Crippen molar-refractivity contribution in [3.05, 3.63) is 29.2 Å². The number of amides is 1. The Labute approximate surface area is 134 Å². The van der Waals surface area contributed by atoms with Crippen LogP contribution in [-0.4, -0.2) is 45.1 Å². The van der Waals surface area contributed by atoms with Gasteiger partial charge in [0.15, 0.2) is 0 Å². The van der Waals surface area contributed by atoms with Gasteiger partial charge in [0.1, 0.15) is 5.00 Å². The molecule has 6 nitrogen and oxygen atoms in total. The lowest BCUT2D eigenvalue weighted by Crippen LogP contribution is -2.41. The van der Waals surface area contributed by atoms with Gasteiger partial charge in [0.25, 0.3) is 5.91 Å². The molecule has 1 fully saturated rings. The first-order valence-electron chi connectivity index (χ1n) is 7.54. The Bertz CT molecular complexity index is 677. The second-order valence-corrected chi connectivity index (χ2v) is 6.54. The van der Waals surface area contributed by atoms with Crippen LogP contribution in [0.3, 0.4) is 0 Å². The zero-order valence-electron chi connectivity index (χ0n) is 13.2. The van der Waals surface area contributed by atoms with E-state index in [1.165, 1.54) is 11.5 Å². The molecule has 118 valence electrons. The summed E-state index contributed by atoms with van der Waals surface area (Å²) in [7, 11) is 1.83. The van der Waals surface area contributed by atoms with Gasteiger partial charge in [-0.25, -0.2) is 0 Å². The Morgan fingerprint density at radius 3 is 2.95 bits per heavy atom. The van der Waals surface area contributed by atoms with Crippen LogP contribution in [0.25, 0.3) is 0 Å². The molecular weight excluding hydrogens is 298 g/mol. The first-order chi connectivity index (χ1) is 10.6. The van der Waals surface area contributed by atoms with E-state index < -0.39 is 0 Å². The number of nitrogens with zero attached hydrogens (tertiary/aromatic N) is 4. The summed E-state index contributed by atoms with van der Waals surface area (Å²) >= 11 is 1.34. The molecule has 3 heterocycles. The molecular formula is C15H21N5OS. The molecule has 0 radical (unpaired) electrons. The van der Waals surface area contributed by atoms with Crippen molar-refractivity contribution in [3.63, 3.8) is 0 Å². The summed E-state index contributed by atoms with van der Waals surface area (Å²) in [5.41, 5.74) is 2.67. The predicted molar refractivity (Wildman–Crippen MR) is 87.5 cm³/mol. The average Bonchev–Trinajstić information content (AvgIpc) is 3.12. The van der Waals surface area contributed by atoms with Gasteiger partial charge in [0.2, 0.25) is 0 Å². The van der Waals surface area contributed by atoms with Crippen molar-refractivity contribution in [1.82, 2.24) is 19.1 Å². The summed E-state index contributed by atoms with van der Waals surface area (Å²) in [6, 6.07) is 0.260. The van der Waals surface area contributed by atoms with Gasteiger partial charge in [-0.3, -0.25) is 9.48 Å². The van der Waals surface area contributed by atoms with Gasteiger partial charge in [-0.05, 0) is 43.8 Å². The third-order valence-electron chi connectivity index (χ3n) is 4.09. The van der Waals surface area contributed by atoms with E-state index >= 15 is 0 Å². The second kappa shape index (κ2) is 6.08. The molecule has 1 unspecified atom stereocenters. The van der Waals surface area contributed by atoms with Crippen LogP contribution in [0.2, 0.25) is 0 Å². The number of likely N-dealkylation sites (tertiary alicyclic amines) is 1. The first-order valence-corrected chi connectivity index (χ1v) is 8.31. The van der Waals surface area contributed by atoms with Gasteiger partial charge in [0, 0.05) is 26.3 Å². The Morgan fingerprint density at radius 1 is 1.45 bits per heavy atom. The van der Waals surface area contributed by atoms with Crippen LogP contribution in [0.5, 0.6) is 0 Å². The molecule has 1 N–H and O–H groups in total. The molecule has 2 aromatic rings. The second-order valence-electron chi connectivity index (χ2n) is 5.77. The number of carbonyl (C=O) groups is 1. The minimum atomic E-state index is 0.0733. The van der Waals surface area contributed by atoms with E-state index in [4.69, 9.17) is 0 Å². The highest BCUT2D eigenvalue weighted by Gasteiger charge is 2.29. The van der Waals surface area contributed by atoms with Crippen LogP contribution >= 0.6 is 11.5 Å². The molecule has 1 atom stereocenters. The summed E-state index contributed by atoms with van der Waals surface area (Å²) in [6.07, 6.45) is 5.98. The van der Waals surface area contributed by atoms with E-state index in [9.17, 15) is 4.79 Å². The van der Waals surface area contributed by atoms with Gasteiger partial charge < -0.3 is 10.2 Å². The van der Waals surface area contributed by atoms with Crippen molar-refractivity contribution in [2.45, 2.75) is 32.7 Å². The van der Waals surface area contributed by atoms with E-state index in [2.05, 4.69) is 21.0 Å². The SMILES string of the molecule is CNc1snc(C)c1C(=O)N1CCCC(n2cc(C)cn2)C1. The molecule has 3 rings (SSSR count). The van der Waals surface area contributed by atoms with Crippen LogP contribution in [0.4, 0.5) is 5.00 Å². The van der Waals surface area contributed by atoms with E-state index in [-0.39, 0.29) is 11.9 Å². The number of carbonyl (C=O) groups excluding carboxylic acids is 1. The number of nitrogens with one attached hydrogen (secondary N) is 1. The molecule has 0 saturated carbocycles. The number of aromatic nitrogens is 3. The largest absolute Gasteiger partial charge is 0.378 e. The third-order valence-corrected chi connectivity index (χ3v) is 5.05. The predicted octanol–water partition coefficient (Wildman–Crippen LogP) is 2.48. The van der Waals surface area contributed by atoms with Gasteiger partial charge in [-0.2, -0.15) is 9.47 Å². The lowest BCUT2D eigenvalue weighted by molar-refractivity contribution is 0.0673. The molecule has 1 saturated heterocycles. The van der Waals surface area contributed by atoms with E-state index in [1.807, 2.05) is 36.7 Å². The number of anilines is 1. The Kier molecular flexibility index (Phi) is 4.15. The molecule has 2 aromatic heterocycles. The van der Waals surface area contributed by atoms with Crippen LogP contribution < -0.4 is 5.32 Å².